The number of hydrogen-bond donors (Lipinski definition) is 2. The minimum Gasteiger partial charge on any atom is -0.352 e. The Labute approximate surface area is 185 Å². The number of rotatable bonds is 6. The molecule has 0 saturated carbocycles. The van der Waals surface area contributed by atoms with Gasteiger partial charge in [-0.05, 0) is 54.9 Å². The van der Waals surface area contributed by atoms with Gasteiger partial charge in [0.2, 0.25) is 0 Å². The third-order valence-electron chi connectivity index (χ3n) is 5.63. The number of carbonyl (C=O) groups is 2. The molecule has 2 N–H and O–H groups in total. The summed E-state index contributed by atoms with van der Waals surface area (Å²) in [5.74, 6) is -0.769. The lowest BCUT2D eigenvalue weighted by molar-refractivity contribution is 0.0954. The quantitative estimate of drug-likeness (QED) is 0.555. The summed E-state index contributed by atoms with van der Waals surface area (Å²) in [5.41, 5.74) is 2.67. The normalized spacial score (nSPS) is 15.2. The summed E-state index contributed by atoms with van der Waals surface area (Å²) in [4.78, 5) is 27.0. The molecule has 1 aromatic heterocycles. The summed E-state index contributed by atoms with van der Waals surface area (Å²) in [6.45, 7) is 2.70. The number of benzene rings is 2. The first-order valence-electron chi connectivity index (χ1n) is 10.6. The maximum atomic E-state index is 14.1. The second-order valence-corrected chi connectivity index (χ2v) is 9.09. The Morgan fingerprint density at radius 2 is 1.81 bits per heavy atom. The van der Waals surface area contributed by atoms with Gasteiger partial charge in [-0.2, -0.15) is 0 Å². The maximum Gasteiger partial charge on any atom is 0.259 e. The predicted octanol–water partition coefficient (Wildman–Crippen LogP) is 5.24. The molecular formula is C25H25FN2O2S. The number of hydrogen-bond acceptors (Lipinski definition) is 3. The van der Waals surface area contributed by atoms with Crippen LogP contribution in [0.3, 0.4) is 0 Å². The van der Waals surface area contributed by atoms with Crippen LogP contribution in [0.25, 0.3) is 0 Å². The first kappa shape index (κ1) is 21.2. The highest BCUT2D eigenvalue weighted by atomic mass is 32.1. The van der Waals surface area contributed by atoms with Crippen LogP contribution in [0, 0.1) is 11.7 Å². The molecule has 1 aliphatic carbocycles. The number of thiophene rings is 1. The molecule has 160 valence electrons. The molecule has 31 heavy (non-hydrogen) atoms. The average molecular weight is 437 g/mol. The Morgan fingerprint density at radius 3 is 2.58 bits per heavy atom. The zero-order valence-electron chi connectivity index (χ0n) is 17.4. The van der Waals surface area contributed by atoms with Crippen molar-refractivity contribution in [2.24, 2.45) is 5.92 Å². The summed E-state index contributed by atoms with van der Waals surface area (Å²) >= 11 is 1.44. The third kappa shape index (κ3) is 4.85. The van der Waals surface area contributed by atoms with E-state index in [0.29, 0.717) is 23.0 Å². The Morgan fingerprint density at radius 1 is 1.06 bits per heavy atom. The molecule has 0 bridgehead atoms. The highest BCUT2D eigenvalue weighted by Crippen LogP contribution is 2.39. The molecule has 0 saturated heterocycles. The van der Waals surface area contributed by atoms with Crippen molar-refractivity contribution in [3.05, 3.63) is 87.5 Å². The van der Waals surface area contributed by atoms with Gasteiger partial charge in [-0.1, -0.05) is 49.4 Å². The Bertz CT molecular complexity index is 1090. The standard InChI is InChI=1S/C25H25FN2O2S/c1-16-11-12-19-21(15-16)31-25(28-23(29)18-9-5-6-10-20(18)26)22(19)24(30)27-14-13-17-7-3-2-4-8-17/h2-10,16H,11-15H2,1H3,(H,27,30)(H,28,29)/t16-/m0/s1. The lowest BCUT2D eigenvalue weighted by Crippen LogP contribution is -2.28. The molecule has 3 aromatic rings. The fourth-order valence-corrected chi connectivity index (χ4v) is 5.35. The van der Waals surface area contributed by atoms with Crippen molar-refractivity contribution in [1.82, 2.24) is 5.32 Å². The lowest BCUT2D eigenvalue weighted by atomic mass is 9.88. The summed E-state index contributed by atoms with van der Waals surface area (Å²) in [6.07, 6.45) is 3.44. The summed E-state index contributed by atoms with van der Waals surface area (Å²) in [7, 11) is 0. The van der Waals surface area contributed by atoms with E-state index in [1.165, 1.54) is 23.5 Å². The summed E-state index contributed by atoms with van der Waals surface area (Å²) in [6, 6.07) is 15.8. The Kier molecular flexibility index (Phi) is 6.47. The number of fused-ring (bicyclic) bond motifs is 1. The minimum atomic E-state index is -0.580. The molecule has 1 heterocycles. The second-order valence-electron chi connectivity index (χ2n) is 7.98. The van der Waals surface area contributed by atoms with Crippen LogP contribution in [-0.2, 0) is 19.3 Å². The van der Waals surface area contributed by atoms with Crippen molar-refractivity contribution >= 4 is 28.2 Å². The Balaban J connectivity index is 1.56. The van der Waals surface area contributed by atoms with E-state index < -0.39 is 11.7 Å². The van der Waals surface area contributed by atoms with Crippen molar-refractivity contribution in [3.63, 3.8) is 0 Å². The molecular weight excluding hydrogens is 411 g/mol. The molecule has 1 aliphatic rings. The van der Waals surface area contributed by atoms with E-state index in [1.54, 1.807) is 12.1 Å². The maximum absolute atomic E-state index is 14.1. The van der Waals surface area contributed by atoms with E-state index in [9.17, 15) is 14.0 Å². The van der Waals surface area contributed by atoms with Gasteiger partial charge >= 0.3 is 0 Å². The number of amides is 2. The first-order chi connectivity index (χ1) is 15.0. The highest BCUT2D eigenvalue weighted by Gasteiger charge is 2.28. The highest BCUT2D eigenvalue weighted by molar-refractivity contribution is 7.17. The van der Waals surface area contributed by atoms with Crippen molar-refractivity contribution in [2.75, 3.05) is 11.9 Å². The van der Waals surface area contributed by atoms with Crippen LogP contribution < -0.4 is 10.6 Å². The van der Waals surface area contributed by atoms with Crippen LogP contribution >= 0.6 is 11.3 Å². The number of halogens is 1. The number of anilines is 1. The van der Waals surface area contributed by atoms with E-state index in [2.05, 4.69) is 17.6 Å². The number of nitrogens with one attached hydrogen (secondary N) is 2. The van der Waals surface area contributed by atoms with Gasteiger partial charge < -0.3 is 10.6 Å². The molecule has 1 atom stereocenters. The number of carbonyl (C=O) groups excluding carboxylic acids is 2. The van der Waals surface area contributed by atoms with E-state index in [4.69, 9.17) is 0 Å². The van der Waals surface area contributed by atoms with Crippen molar-refractivity contribution in [2.45, 2.75) is 32.6 Å². The van der Waals surface area contributed by atoms with Gasteiger partial charge in [-0.15, -0.1) is 11.3 Å². The molecule has 0 spiro atoms. The fraction of sp³-hybridized carbons (Fsp3) is 0.280. The summed E-state index contributed by atoms with van der Waals surface area (Å²) < 4.78 is 14.1. The lowest BCUT2D eigenvalue weighted by Gasteiger charge is -2.18. The van der Waals surface area contributed by atoms with E-state index >= 15 is 0 Å². The van der Waals surface area contributed by atoms with Gasteiger partial charge in [0.1, 0.15) is 10.8 Å². The topological polar surface area (TPSA) is 58.2 Å². The Hall–Kier alpha value is -2.99. The minimum absolute atomic E-state index is 0.0299. The second kappa shape index (κ2) is 9.43. The van der Waals surface area contributed by atoms with Gasteiger partial charge in [-0.3, -0.25) is 9.59 Å². The van der Waals surface area contributed by atoms with Gasteiger partial charge in [0.25, 0.3) is 11.8 Å². The smallest absolute Gasteiger partial charge is 0.259 e. The van der Waals surface area contributed by atoms with E-state index in [1.807, 2.05) is 30.3 Å². The van der Waals surface area contributed by atoms with Crippen LogP contribution in [0.5, 0.6) is 0 Å². The SMILES string of the molecule is C[C@H]1CCc2c(sc(NC(=O)c3ccccc3F)c2C(=O)NCCc2ccccc2)C1. The molecule has 6 heteroatoms. The molecule has 4 nitrogen and oxygen atoms in total. The fourth-order valence-electron chi connectivity index (χ4n) is 3.95. The van der Waals surface area contributed by atoms with Crippen molar-refractivity contribution in [1.29, 1.82) is 0 Å². The van der Waals surface area contributed by atoms with Crippen LogP contribution in [0.2, 0.25) is 0 Å². The average Bonchev–Trinajstić information content (AvgIpc) is 3.11. The zero-order chi connectivity index (χ0) is 21.8. The first-order valence-corrected chi connectivity index (χ1v) is 11.4. The molecule has 4 rings (SSSR count). The van der Waals surface area contributed by atoms with Gasteiger partial charge in [0, 0.05) is 11.4 Å². The molecule has 0 unspecified atom stereocenters. The zero-order valence-corrected chi connectivity index (χ0v) is 18.2. The van der Waals surface area contributed by atoms with Gasteiger partial charge in [-0.25, -0.2) is 4.39 Å². The molecule has 0 aliphatic heterocycles. The predicted molar refractivity (Wildman–Crippen MR) is 122 cm³/mol. The summed E-state index contributed by atoms with van der Waals surface area (Å²) in [5, 5.41) is 6.31. The van der Waals surface area contributed by atoms with E-state index in [0.717, 1.165) is 41.7 Å². The third-order valence-corrected chi connectivity index (χ3v) is 6.80. The largest absolute Gasteiger partial charge is 0.352 e. The van der Waals surface area contributed by atoms with Crippen LogP contribution in [0.15, 0.2) is 54.6 Å². The molecule has 0 radical (unpaired) electrons. The van der Waals surface area contributed by atoms with Gasteiger partial charge in [0.15, 0.2) is 0 Å². The van der Waals surface area contributed by atoms with Crippen molar-refractivity contribution in [3.8, 4) is 0 Å². The van der Waals surface area contributed by atoms with Crippen molar-refractivity contribution < 1.29 is 14.0 Å². The van der Waals surface area contributed by atoms with Crippen LogP contribution in [0.4, 0.5) is 9.39 Å². The van der Waals surface area contributed by atoms with E-state index in [-0.39, 0.29) is 11.5 Å². The monoisotopic (exact) mass is 436 g/mol. The van der Waals surface area contributed by atoms with Crippen LogP contribution in [0.1, 0.15) is 50.1 Å². The van der Waals surface area contributed by atoms with Crippen LogP contribution in [-0.4, -0.2) is 18.4 Å². The molecule has 2 aromatic carbocycles. The van der Waals surface area contributed by atoms with Gasteiger partial charge in [0.05, 0.1) is 11.1 Å². The molecule has 2 amide bonds. The molecule has 0 fully saturated rings.